The van der Waals surface area contributed by atoms with Gasteiger partial charge in [-0.15, -0.1) is 0 Å². The molecule has 0 saturated heterocycles. The average molecular weight is 263 g/mol. The van der Waals surface area contributed by atoms with E-state index in [0.29, 0.717) is 0 Å². The molecule has 0 aliphatic carbocycles. The van der Waals surface area contributed by atoms with Gasteiger partial charge in [-0.2, -0.15) is 10.1 Å². The minimum atomic E-state index is -1.56. The zero-order valence-electron chi connectivity index (χ0n) is 10.5. The first kappa shape index (κ1) is 13.2. The number of aliphatic hydroxyl groups is 1. The fourth-order valence-corrected chi connectivity index (χ4v) is 1.76. The third kappa shape index (κ3) is 2.45. The zero-order chi connectivity index (χ0) is 14.0. The van der Waals surface area contributed by atoms with E-state index in [4.69, 9.17) is 0 Å². The number of hydrogen-bond donors (Lipinski definition) is 1. The number of esters is 1. The molecular formula is C12H13N3O4. The molecule has 1 amide bonds. The Morgan fingerprint density at radius 3 is 2.84 bits per heavy atom. The molecule has 2 heterocycles. The second-order valence-electron chi connectivity index (χ2n) is 4.29. The molecule has 0 radical (unpaired) electrons. The van der Waals surface area contributed by atoms with Crippen molar-refractivity contribution in [2.45, 2.75) is 19.1 Å². The number of ether oxygens (including phenoxy) is 1. The van der Waals surface area contributed by atoms with Crippen LogP contribution in [0.1, 0.15) is 23.7 Å². The van der Waals surface area contributed by atoms with Crippen LogP contribution in [0.5, 0.6) is 0 Å². The quantitative estimate of drug-likeness (QED) is 0.767. The fraction of sp³-hybridized carbons (Fsp3) is 0.333. The van der Waals surface area contributed by atoms with Crippen molar-refractivity contribution >= 4 is 17.6 Å². The maximum absolute atomic E-state index is 12.2. The van der Waals surface area contributed by atoms with Crippen molar-refractivity contribution in [2.75, 3.05) is 7.11 Å². The molecule has 0 saturated carbocycles. The highest BCUT2D eigenvalue weighted by atomic mass is 16.5. The molecule has 1 atom stereocenters. The first-order chi connectivity index (χ1) is 8.95. The maximum Gasteiger partial charge on any atom is 0.354 e. The molecule has 7 heteroatoms. The van der Waals surface area contributed by atoms with Crippen LogP contribution in [0.3, 0.4) is 0 Å². The first-order valence-corrected chi connectivity index (χ1v) is 5.58. The molecule has 1 aliphatic rings. The fourth-order valence-electron chi connectivity index (χ4n) is 1.76. The summed E-state index contributed by atoms with van der Waals surface area (Å²) in [6, 6.07) is 3.15. The minimum absolute atomic E-state index is 0.00439. The van der Waals surface area contributed by atoms with Crippen LogP contribution in [0, 0.1) is 0 Å². The highest BCUT2D eigenvalue weighted by Gasteiger charge is 2.43. The molecule has 7 nitrogen and oxygen atoms in total. The van der Waals surface area contributed by atoms with E-state index < -0.39 is 17.6 Å². The molecule has 0 fully saturated rings. The van der Waals surface area contributed by atoms with Crippen molar-refractivity contribution in [3.63, 3.8) is 0 Å². The summed E-state index contributed by atoms with van der Waals surface area (Å²) in [4.78, 5) is 27.4. The number of hydrazone groups is 1. The Kier molecular flexibility index (Phi) is 3.30. The van der Waals surface area contributed by atoms with E-state index in [1.54, 1.807) is 12.1 Å². The Morgan fingerprint density at radius 1 is 1.53 bits per heavy atom. The molecule has 2 rings (SSSR count). The number of hydrogen-bond acceptors (Lipinski definition) is 6. The van der Waals surface area contributed by atoms with Crippen molar-refractivity contribution in [3.8, 4) is 0 Å². The van der Waals surface area contributed by atoms with E-state index in [9.17, 15) is 14.7 Å². The molecule has 19 heavy (non-hydrogen) atoms. The molecule has 1 aromatic heterocycles. The summed E-state index contributed by atoms with van der Waals surface area (Å²) in [6.45, 7) is 1.40. The Hall–Kier alpha value is -2.28. The third-order valence-electron chi connectivity index (χ3n) is 2.70. The number of carbonyl (C=O) groups is 2. The molecular weight excluding hydrogens is 250 g/mol. The van der Waals surface area contributed by atoms with Gasteiger partial charge < -0.3 is 9.84 Å². The van der Waals surface area contributed by atoms with Crippen LogP contribution in [0.15, 0.2) is 29.6 Å². The lowest BCUT2D eigenvalue weighted by Gasteiger charge is -2.26. The van der Waals surface area contributed by atoms with Gasteiger partial charge in [0, 0.05) is 18.8 Å². The SMILES string of the molecule is COC(=O)C1=NN(C(=O)c2cccnc2)[C@](C)(O)C1. The number of amides is 1. The van der Waals surface area contributed by atoms with Crippen LogP contribution in [0.4, 0.5) is 0 Å². The van der Waals surface area contributed by atoms with Crippen LogP contribution in [-0.4, -0.2) is 45.5 Å². The lowest BCUT2D eigenvalue weighted by Crippen LogP contribution is -2.43. The summed E-state index contributed by atoms with van der Waals surface area (Å²) >= 11 is 0. The van der Waals surface area contributed by atoms with Gasteiger partial charge in [0.2, 0.25) is 0 Å². The lowest BCUT2D eigenvalue weighted by molar-refractivity contribution is -0.133. The van der Waals surface area contributed by atoms with E-state index >= 15 is 0 Å². The van der Waals surface area contributed by atoms with Crippen molar-refractivity contribution in [1.29, 1.82) is 0 Å². The predicted molar refractivity (Wildman–Crippen MR) is 65.1 cm³/mol. The second kappa shape index (κ2) is 4.77. The van der Waals surface area contributed by atoms with E-state index in [-0.39, 0.29) is 17.7 Å². The number of nitrogens with zero attached hydrogens (tertiary/aromatic N) is 3. The zero-order valence-corrected chi connectivity index (χ0v) is 10.5. The minimum Gasteiger partial charge on any atom is -0.464 e. The molecule has 1 aliphatic heterocycles. The summed E-state index contributed by atoms with van der Waals surface area (Å²) in [5.74, 6) is -1.20. The molecule has 0 aromatic carbocycles. The molecule has 1 N–H and O–H groups in total. The average Bonchev–Trinajstić information content (AvgIpc) is 2.73. The number of carbonyl (C=O) groups excluding carboxylic acids is 2. The van der Waals surface area contributed by atoms with E-state index in [0.717, 1.165) is 5.01 Å². The summed E-state index contributed by atoms with van der Waals surface area (Å²) in [6.07, 6.45) is 2.82. The van der Waals surface area contributed by atoms with Gasteiger partial charge in [0.15, 0.2) is 11.4 Å². The predicted octanol–water partition coefficient (Wildman–Crippen LogP) is 0.165. The van der Waals surface area contributed by atoms with E-state index in [1.807, 2.05) is 0 Å². The van der Waals surface area contributed by atoms with Gasteiger partial charge in [-0.25, -0.2) is 4.79 Å². The van der Waals surface area contributed by atoms with Crippen LogP contribution in [0.2, 0.25) is 0 Å². The lowest BCUT2D eigenvalue weighted by atomic mass is 10.1. The van der Waals surface area contributed by atoms with Crippen molar-refractivity contribution < 1.29 is 19.4 Å². The standard InChI is InChI=1S/C12H13N3O4/c1-12(18)6-9(11(17)19-2)14-15(12)10(16)8-4-3-5-13-7-8/h3-5,7,18H,6H2,1-2H3/t12-/m1/s1. The maximum atomic E-state index is 12.2. The van der Waals surface area contributed by atoms with E-state index in [2.05, 4.69) is 14.8 Å². The largest absolute Gasteiger partial charge is 0.464 e. The van der Waals surface area contributed by atoms with Crippen LogP contribution < -0.4 is 0 Å². The van der Waals surface area contributed by atoms with Gasteiger partial charge in [0.1, 0.15) is 0 Å². The van der Waals surface area contributed by atoms with Gasteiger partial charge in [0.05, 0.1) is 12.7 Å². The van der Waals surface area contributed by atoms with Crippen molar-refractivity contribution in [1.82, 2.24) is 9.99 Å². The van der Waals surface area contributed by atoms with Crippen molar-refractivity contribution in [2.24, 2.45) is 5.10 Å². The number of methoxy groups -OCH3 is 1. The Labute approximate surface area is 109 Å². The summed E-state index contributed by atoms with van der Waals surface area (Å²) < 4.78 is 4.53. The smallest absolute Gasteiger partial charge is 0.354 e. The van der Waals surface area contributed by atoms with E-state index in [1.165, 1.54) is 26.4 Å². The Balaban J connectivity index is 2.30. The van der Waals surface area contributed by atoms with Crippen LogP contribution in [-0.2, 0) is 9.53 Å². The summed E-state index contributed by atoms with van der Waals surface area (Å²) in [7, 11) is 1.21. The van der Waals surface area contributed by atoms with Gasteiger partial charge >= 0.3 is 5.97 Å². The monoisotopic (exact) mass is 263 g/mol. The van der Waals surface area contributed by atoms with Gasteiger partial charge in [-0.1, -0.05) is 0 Å². The number of rotatable bonds is 2. The van der Waals surface area contributed by atoms with Gasteiger partial charge in [0.25, 0.3) is 5.91 Å². The highest BCUT2D eigenvalue weighted by molar-refractivity contribution is 6.37. The second-order valence-corrected chi connectivity index (χ2v) is 4.29. The van der Waals surface area contributed by atoms with Gasteiger partial charge in [-0.05, 0) is 19.1 Å². The molecule has 0 bridgehead atoms. The normalized spacial score (nSPS) is 22.1. The molecule has 0 spiro atoms. The number of aromatic nitrogens is 1. The topological polar surface area (TPSA) is 92.1 Å². The first-order valence-electron chi connectivity index (χ1n) is 5.58. The summed E-state index contributed by atoms with van der Waals surface area (Å²) in [5, 5.41) is 14.9. The van der Waals surface area contributed by atoms with Crippen molar-refractivity contribution in [3.05, 3.63) is 30.1 Å². The van der Waals surface area contributed by atoms with Crippen LogP contribution >= 0.6 is 0 Å². The molecule has 0 unspecified atom stereocenters. The molecule has 100 valence electrons. The Morgan fingerprint density at radius 2 is 2.26 bits per heavy atom. The van der Waals surface area contributed by atoms with Crippen LogP contribution in [0.25, 0.3) is 0 Å². The number of pyridine rings is 1. The summed E-state index contributed by atoms with van der Waals surface area (Å²) in [5.41, 5.74) is -1.28. The third-order valence-corrected chi connectivity index (χ3v) is 2.70. The Bertz CT molecular complexity index is 539. The van der Waals surface area contributed by atoms with Gasteiger partial charge in [-0.3, -0.25) is 9.78 Å². The highest BCUT2D eigenvalue weighted by Crippen LogP contribution is 2.26. The molecule has 1 aromatic rings.